The summed E-state index contributed by atoms with van der Waals surface area (Å²) in [7, 11) is 0. The zero-order valence-electron chi connectivity index (χ0n) is 7.42. The van der Waals surface area contributed by atoms with Gasteiger partial charge >= 0.3 is 5.97 Å². The second-order valence-corrected chi connectivity index (χ2v) is 3.08. The van der Waals surface area contributed by atoms with Crippen LogP contribution in [-0.4, -0.2) is 11.1 Å². The third-order valence-electron chi connectivity index (χ3n) is 1.84. The van der Waals surface area contributed by atoms with Crippen LogP contribution in [0.1, 0.15) is 41.4 Å². The van der Waals surface area contributed by atoms with Crippen LogP contribution >= 0.6 is 0 Å². The first-order valence-corrected chi connectivity index (χ1v) is 3.85. The van der Waals surface area contributed by atoms with E-state index >= 15 is 0 Å². The highest BCUT2D eigenvalue weighted by Gasteiger charge is 2.18. The van der Waals surface area contributed by atoms with Crippen LogP contribution in [0.15, 0.2) is 10.7 Å². The topological polar surface area (TPSA) is 50.4 Å². The molecule has 0 spiro atoms. The van der Waals surface area contributed by atoms with Gasteiger partial charge in [-0.25, -0.2) is 4.79 Å². The van der Waals surface area contributed by atoms with Crippen LogP contribution in [0.3, 0.4) is 0 Å². The molecule has 1 aromatic rings. The second-order valence-electron chi connectivity index (χ2n) is 3.08. The monoisotopic (exact) mass is 168 g/mol. The van der Waals surface area contributed by atoms with Gasteiger partial charge in [0.1, 0.15) is 11.3 Å². The maximum absolute atomic E-state index is 10.7. The van der Waals surface area contributed by atoms with E-state index in [1.165, 1.54) is 6.26 Å². The fourth-order valence-corrected chi connectivity index (χ4v) is 1.17. The predicted octanol–water partition coefficient (Wildman–Crippen LogP) is 2.41. The number of hydrogen-bond acceptors (Lipinski definition) is 2. The molecular formula is C9H12O3. The Morgan fingerprint density at radius 1 is 1.58 bits per heavy atom. The van der Waals surface area contributed by atoms with Gasteiger partial charge in [-0.05, 0) is 12.8 Å². The van der Waals surface area contributed by atoms with Crippen LogP contribution in [0, 0.1) is 6.92 Å². The van der Waals surface area contributed by atoms with Crippen LogP contribution in [0.25, 0.3) is 0 Å². The van der Waals surface area contributed by atoms with Crippen LogP contribution in [0.5, 0.6) is 0 Å². The second kappa shape index (κ2) is 3.01. The Hall–Kier alpha value is -1.25. The Kier molecular flexibility index (Phi) is 2.22. The Morgan fingerprint density at radius 2 is 2.17 bits per heavy atom. The van der Waals surface area contributed by atoms with Gasteiger partial charge in [-0.3, -0.25) is 0 Å². The molecule has 0 aliphatic rings. The van der Waals surface area contributed by atoms with Gasteiger partial charge in [0.25, 0.3) is 0 Å². The highest BCUT2D eigenvalue weighted by molar-refractivity contribution is 5.90. The number of carboxylic acid groups (broad SMARTS) is 1. The van der Waals surface area contributed by atoms with Crippen LogP contribution in [0.4, 0.5) is 0 Å². The summed E-state index contributed by atoms with van der Waals surface area (Å²) in [5.41, 5.74) is 1.07. The number of hydrogen-bond donors (Lipinski definition) is 1. The highest BCUT2D eigenvalue weighted by Crippen LogP contribution is 2.23. The summed E-state index contributed by atoms with van der Waals surface area (Å²) in [5, 5.41) is 8.82. The minimum Gasteiger partial charge on any atom is -0.478 e. The van der Waals surface area contributed by atoms with Crippen LogP contribution < -0.4 is 0 Å². The van der Waals surface area contributed by atoms with E-state index in [1.54, 1.807) is 6.92 Å². The molecule has 3 heteroatoms. The summed E-state index contributed by atoms with van der Waals surface area (Å²) in [6.45, 7) is 5.54. The predicted molar refractivity (Wildman–Crippen MR) is 44.5 cm³/mol. The number of furan rings is 1. The standard InChI is InChI=1S/C9H12O3/c1-5(2)7-4-12-6(3)8(7)9(10)11/h4-5H,1-3H3,(H,10,11). The normalized spacial score (nSPS) is 10.7. The molecule has 1 rings (SSSR count). The molecule has 0 radical (unpaired) electrons. The van der Waals surface area contributed by atoms with E-state index in [-0.39, 0.29) is 5.92 Å². The molecule has 1 N–H and O–H groups in total. The van der Waals surface area contributed by atoms with E-state index in [4.69, 9.17) is 9.52 Å². The van der Waals surface area contributed by atoms with Crippen molar-refractivity contribution in [1.82, 2.24) is 0 Å². The zero-order valence-corrected chi connectivity index (χ0v) is 7.42. The summed E-state index contributed by atoms with van der Waals surface area (Å²) >= 11 is 0. The van der Waals surface area contributed by atoms with Crippen molar-refractivity contribution >= 4 is 5.97 Å². The minimum absolute atomic E-state index is 0.188. The van der Waals surface area contributed by atoms with E-state index in [0.29, 0.717) is 11.3 Å². The highest BCUT2D eigenvalue weighted by atomic mass is 16.4. The fourth-order valence-electron chi connectivity index (χ4n) is 1.17. The van der Waals surface area contributed by atoms with Gasteiger partial charge in [0.2, 0.25) is 0 Å². The van der Waals surface area contributed by atoms with Crippen molar-refractivity contribution in [2.45, 2.75) is 26.7 Å². The molecule has 66 valence electrons. The van der Waals surface area contributed by atoms with E-state index in [0.717, 1.165) is 5.56 Å². The Balaban J connectivity index is 3.21. The van der Waals surface area contributed by atoms with E-state index in [9.17, 15) is 4.79 Å². The van der Waals surface area contributed by atoms with Crippen molar-refractivity contribution in [3.63, 3.8) is 0 Å². The van der Waals surface area contributed by atoms with Gasteiger partial charge in [-0.15, -0.1) is 0 Å². The molecule has 1 aromatic heterocycles. The molecule has 0 aliphatic heterocycles. The van der Waals surface area contributed by atoms with E-state index in [2.05, 4.69) is 0 Å². The average molecular weight is 168 g/mol. The lowest BCUT2D eigenvalue weighted by atomic mass is 10.0. The summed E-state index contributed by atoms with van der Waals surface area (Å²) < 4.78 is 5.04. The SMILES string of the molecule is Cc1occ(C(C)C)c1C(=O)O. The lowest BCUT2D eigenvalue weighted by Gasteiger charge is -2.01. The molecule has 0 fully saturated rings. The van der Waals surface area contributed by atoms with Gasteiger partial charge in [-0.1, -0.05) is 13.8 Å². The molecule has 0 atom stereocenters. The molecule has 0 bridgehead atoms. The van der Waals surface area contributed by atoms with Gasteiger partial charge in [0.15, 0.2) is 0 Å². The summed E-state index contributed by atoms with van der Waals surface area (Å²) in [4.78, 5) is 10.7. The van der Waals surface area contributed by atoms with Crippen LogP contribution in [0.2, 0.25) is 0 Å². The fraction of sp³-hybridized carbons (Fsp3) is 0.444. The molecule has 0 aromatic carbocycles. The zero-order chi connectivity index (χ0) is 9.30. The number of rotatable bonds is 2. The van der Waals surface area contributed by atoms with Crippen molar-refractivity contribution < 1.29 is 14.3 Å². The molecule has 0 saturated heterocycles. The molecule has 0 aliphatic carbocycles. The van der Waals surface area contributed by atoms with Crippen molar-refractivity contribution in [1.29, 1.82) is 0 Å². The van der Waals surface area contributed by atoms with Crippen LogP contribution in [-0.2, 0) is 0 Å². The van der Waals surface area contributed by atoms with E-state index in [1.807, 2.05) is 13.8 Å². The first kappa shape index (κ1) is 8.84. The Morgan fingerprint density at radius 3 is 2.50 bits per heavy atom. The minimum atomic E-state index is -0.912. The lowest BCUT2D eigenvalue weighted by molar-refractivity contribution is 0.0693. The number of aryl methyl sites for hydroxylation is 1. The summed E-state index contributed by atoms with van der Waals surface area (Å²) in [5.74, 6) is -0.246. The molecule has 0 unspecified atom stereocenters. The van der Waals surface area contributed by atoms with Gasteiger partial charge in [0, 0.05) is 5.56 Å². The number of aromatic carboxylic acids is 1. The van der Waals surface area contributed by atoms with E-state index < -0.39 is 5.97 Å². The Bertz CT molecular complexity index is 297. The largest absolute Gasteiger partial charge is 0.478 e. The Labute approximate surface area is 71.0 Å². The van der Waals surface area contributed by atoms with Gasteiger partial charge in [-0.2, -0.15) is 0 Å². The quantitative estimate of drug-likeness (QED) is 0.737. The number of carbonyl (C=O) groups is 1. The number of carboxylic acids is 1. The van der Waals surface area contributed by atoms with Crippen molar-refractivity contribution in [2.24, 2.45) is 0 Å². The van der Waals surface area contributed by atoms with Crippen molar-refractivity contribution in [3.8, 4) is 0 Å². The third-order valence-corrected chi connectivity index (χ3v) is 1.84. The third kappa shape index (κ3) is 1.35. The van der Waals surface area contributed by atoms with Gasteiger partial charge < -0.3 is 9.52 Å². The van der Waals surface area contributed by atoms with Gasteiger partial charge in [0.05, 0.1) is 6.26 Å². The maximum Gasteiger partial charge on any atom is 0.339 e. The maximum atomic E-state index is 10.7. The first-order chi connectivity index (χ1) is 5.54. The van der Waals surface area contributed by atoms with Crippen molar-refractivity contribution in [3.05, 3.63) is 23.2 Å². The van der Waals surface area contributed by atoms with Crippen molar-refractivity contribution in [2.75, 3.05) is 0 Å². The summed E-state index contributed by atoms with van der Waals surface area (Å²) in [6, 6.07) is 0. The first-order valence-electron chi connectivity index (χ1n) is 3.85. The lowest BCUT2D eigenvalue weighted by Crippen LogP contribution is -2.01. The molecule has 0 amide bonds. The summed E-state index contributed by atoms with van der Waals surface area (Å²) in [6.07, 6.45) is 1.52. The molecule has 0 saturated carbocycles. The smallest absolute Gasteiger partial charge is 0.339 e. The average Bonchev–Trinajstić information content (AvgIpc) is 2.30. The molecule has 12 heavy (non-hydrogen) atoms. The molecule has 1 heterocycles. The molecule has 3 nitrogen and oxygen atoms in total. The molecular weight excluding hydrogens is 156 g/mol.